The molecule has 3 aliphatic heterocycles. The zero-order chi connectivity index (χ0) is 36.4. The molecule has 276 valence electrons. The molecule has 1 unspecified atom stereocenters. The van der Waals surface area contributed by atoms with Gasteiger partial charge in [-0.25, -0.2) is 18.6 Å². The van der Waals surface area contributed by atoms with Gasteiger partial charge in [-0.15, -0.1) is 0 Å². The van der Waals surface area contributed by atoms with Crippen LogP contribution in [0.3, 0.4) is 0 Å². The van der Waals surface area contributed by atoms with Crippen LogP contribution in [0, 0.1) is 11.2 Å². The molecule has 0 bridgehead atoms. The predicted octanol–water partition coefficient (Wildman–Crippen LogP) is 4.46. The first kappa shape index (κ1) is 36.9. The van der Waals surface area contributed by atoms with E-state index in [0.717, 1.165) is 52.0 Å². The first-order valence-corrected chi connectivity index (χ1v) is 18.7. The number of nitrogens with zero attached hydrogens (tertiary/aromatic N) is 7. The number of benzene rings is 1. The van der Waals surface area contributed by atoms with E-state index in [4.69, 9.17) is 9.47 Å². The fraction of sp³-hybridized carbons (Fsp3) is 0.556. The minimum atomic E-state index is -2.25. The maximum absolute atomic E-state index is 14.4. The fourth-order valence-corrected chi connectivity index (χ4v) is 8.40. The number of pyridine rings is 1. The molecule has 13 nitrogen and oxygen atoms in total. The largest absolute Gasteiger partial charge is 0.451 e. The lowest BCUT2D eigenvalue weighted by Crippen LogP contribution is -2.61. The van der Waals surface area contributed by atoms with Crippen LogP contribution in [0.25, 0.3) is 0 Å². The molecule has 1 amide bonds. The van der Waals surface area contributed by atoms with Crippen LogP contribution in [0.15, 0.2) is 53.8 Å². The van der Waals surface area contributed by atoms with Crippen molar-refractivity contribution >= 4 is 28.7 Å². The molecule has 3 aliphatic rings. The number of amides is 1. The first-order valence-electron chi connectivity index (χ1n) is 17.6. The van der Waals surface area contributed by atoms with Gasteiger partial charge in [0, 0.05) is 56.4 Å². The Morgan fingerprint density at radius 3 is 2.47 bits per heavy atom. The summed E-state index contributed by atoms with van der Waals surface area (Å²) in [6.45, 7) is 12.4. The van der Waals surface area contributed by atoms with E-state index in [2.05, 4.69) is 19.8 Å². The molecule has 0 aliphatic carbocycles. The third-order valence-corrected chi connectivity index (χ3v) is 11.1. The lowest BCUT2D eigenvalue weighted by molar-refractivity contribution is -0.0270. The van der Waals surface area contributed by atoms with Gasteiger partial charge < -0.3 is 28.7 Å². The maximum Gasteiger partial charge on any atom is 0.262 e. The Morgan fingerprint density at radius 1 is 1.12 bits per heavy atom. The van der Waals surface area contributed by atoms with Gasteiger partial charge in [-0.1, -0.05) is 0 Å². The fourth-order valence-electron chi connectivity index (χ4n) is 7.69. The number of carbonyl (C=O) groups is 1. The van der Waals surface area contributed by atoms with Crippen LogP contribution in [0.1, 0.15) is 63.7 Å². The van der Waals surface area contributed by atoms with Gasteiger partial charge in [0.1, 0.15) is 17.9 Å². The van der Waals surface area contributed by atoms with Crippen molar-refractivity contribution in [3.8, 4) is 11.5 Å². The Balaban J connectivity index is 1.03. The van der Waals surface area contributed by atoms with Gasteiger partial charge in [0.25, 0.3) is 17.2 Å². The van der Waals surface area contributed by atoms with Gasteiger partial charge in [0.2, 0.25) is 5.56 Å². The number of carbonyl (C=O) groups excluding carboxylic acids is 1. The van der Waals surface area contributed by atoms with E-state index in [1.807, 2.05) is 27.7 Å². The standard InChI is InChI=1S/C36H48FN7O6S/c1-24(2)43(25(3)4)35(46)30-16-26(37)6-10-31(30)50-32-17-38-23-39-34(32)42-21-36(22-42)12-14-41(15-13-36)19-29-9-7-28(20-49-29)44(51(47)48)27-8-11-33(45)40(5)18-27/h6,8,10-11,16-18,23-25,28-29H,7,9,12-15,19-22H2,1-5H3,(H,47,48)/t28-,29+/m1/s1. The van der Waals surface area contributed by atoms with Crippen LogP contribution in [0.2, 0.25) is 0 Å². The zero-order valence-corrected chi connectivity index (χ0v) is 30.7. The number of aromatic nitrogens is 3. The molecule has 1 N–H and O–H groups in total. The number of rotatable bonds is 11. The van der Waals surface area contributed by atoms with E-state index in [0.29, 0.717) is 30.3 Å². The van der Waals surface area contributed by atoms with Crippen LogP contribution in [-0.2, 0) is 23.1 Å². The second-order valence-electron chi connectivity index (χ2n) is 14.6. The van der Waals surface area contributed by atoms with Crippen molar-refractivity contribution in [2.45, 2.75) is 77.6 Å². The molecule has 5 heterocycles. The molecule has 0 radical (unpaired) electrons. The summed E-state index contributed by atoms with van der Waals surface area (Å²) in [5, 5.41) is 0. The SMILES string of the molecule is CC(C)N(C(=O)c1cc(F)ccc1Oc1cncnc1N1CC2(CCN(C[C@@H]3CC[C@@H](N(c4ccc(=O)n(C)c4)S(=O)O)CO3)CC2)C1)C(C)C. The number of piperidine rings is 1. The summed E-state index contributed by atoms with van der Waals surface area (Å²) in [5.41, 5.74) is 0.641. The van der Waals surface area contributed by atoms with Crippen molar-refractivity contribution in [3.05, 3.63) is 70.8 Å². The van der Waals surface area contributed by atoms with Crippen LogP contribution >= 0.6 is 0 Å². The summed E-state index contributed by atoms with van der Waals surface area (Å²) in [6, 6.07) is 6.55. The molecule has 6 rings (SSSR count). The number of anilines is 2. The second-order valence-corrected chi connectivity index (χ2v) is 15.4. The molecular formula is C36H48FN7O6S. The molecule has 1 spiro atoms. The number of likely N-dealkylation sites (tertiary alicyclic amines) is 1. The van der Waals surface area contributed by atoms with Crippen molar-refractivity contribution in [1.29, 1.82) is 0 Å². The minimum Gasteiger partial charge on any atom is -0.451 e. The highest BCUT2D eigenvalue weighted by Crippen LogP contribution is 2.45. The van der Waals surface area contributed by atoms with Gasteiger partial charge in [-0.05, 0) is 90.7 Å². The van der Waals surface area contributed by atoms with Crippen LogP contribution in [-0.4, -0.2) is 103 Å². The minimum absolute atomic E-state index is 0.0411. The third-order valence-electron chi connectivity index (χ3n) is 10.3. The summed E-state index contributed by atoms with van der Waals surface area (Å²) < 4.78 is 52.0. The number of halogens is 1. The molecule has 15 heteroatoms. The van der Waals surface area contributed by atoms with Crippen molar-refractivity contribution < 1.29 is 27.4 Å². The van der Waals surface area contributed by atoms with E-state index in [-0.39, 0.29) is 52.4 Å². The number of ether oxygens (including phenoxy) is 2. The summed E-state index contributed by atoms with van der Waals surface area (Å²) in [6.07, 6.45) is 8.22. The normalized spacial score (nSPS) is 21.1. The summed E-state index contributed by atoms with van der Waals surface area (Å²) in [4.78, 5) is 40.4. The first-order chi connectivity index (χ1) is 24.3. The van der Waals surface area contributed by atoms with Gasteiger partial charge in [0.15, 0.2) is 11.6 Å². The van der Waals surface area contributed by atoms with E-state index in [1.165, 1.54) is 39.5 Å². The van der Waals surface area contributed by atoms with Gasteiger partial charge >= 0.3 is 0 Å². The predicted molar refractivity (Wildman–Crippen MR) is 193 cm³/mol. The van der Waals surface area contributed by atoms with Crippen molar-refractivity contribution in [1.82, 2.24) is 24.3 Å². The van der Waals surface area contributed by atoms with Gasteiger partial charge in [0.05, 0.1) is 36.2 Å². The van der Waals surface area contributed by atoms with E-state index in [9.17, 15) is 22.7 Å². The third kappa shape index (κ3) is 8.11. The molecule has 3 saturated heterocycles. The number of hydrogen-bond acceptors (Lipinski definition) is 9. The van der Waals surface area contributed by atoms with Crippen LogP contribution < -0.4 is 19.5 Å². The summed E-state index contributed by atoms with van der Waals surface area (Å²) in [7, 11) is 1.62. The topological polar surface area (TPSA) is 134 Å². The lowest BCUT2D eigenvalue weighted by atomic mass is 9.72. The highest BCUT2D eigenvalue weighted by atomic mass is 32.2. The molecule has 3 atom stereocenters. The molecule has 51 heavy (non-hydrogen) atoms. The Labute approximate surface area is 300 Å². The average Bonchev–Trinajstić information content (AvgIpc) is 3.07. The van der Waals surface area contributed by atoms with Crippen molar-refractivity contribution in [2.75, 3.05) is 48.5 Å². The quantitative estimate of drug-likeness (QED) is 0.283. The van der Waals surface area contributed by atoms with E-state index >= 15 is 0 Å². The number of aryl methyl sites for hydroxylation is 1. The molecule has 0 saturated carbocycles. The zero-order valence-electron chi connectivity index (χ0n) is 29.9. The van der Waals surface area contributed by atoms with Crippen molar-refractivity contribution in [3.63, 3.8) is 0 Å². The Morgan fingerprint density at radius 2 is 1.84 bits per heavy atom. The molecular weight excluding hydrogens is 678 g/mol. The average molecular weight is 726 g/mol. The smallest absolute Gasteiger partial charge is 0.262 e. The van der Waals surface area contributed by atoms with Crippen molar-refractivity contribution in [2.24, 2.45) is 12.5 Å². The summed E-state index contributed by atoms with van der Waals surface area (Å²) >= 11 is -2.25. The lowest BCUT2D eigenvalue weighted by Gasteiger charge is -2.54. The summed E-state index contributed by atoms with van der Waals surface area (Å²) in [5.74, 6) is 0.505. The molecule has 1 aromatic carbocycles. The van der Waals surface area contributed by atoms with Crippen LogP contribution in [0.4, 0.5) is 15.9 Å². The Kier molecular flexibility index (Phi) is 11.1. The molecule has 2 aromatic heterocycles. The Hall–Kier alpha value is -3.92. The molecule has 3 fully saturated rings. The van der Waals surface area contributed by atoms with Gasteiger partial charge in [-0.3, -0.25) is 18.4 Å². The Bertz CT molecular complexity index is 1780. The van der Waals surface area contributed by atoms with E-state index < -0.39 is 17.1 Å². The second kappa shape index (κ2) is 15.4. The highest BCUT2D eigenvalue weighted by molar-refractivity contribution is 7.80. The highest BCUT2D eigenvalue weighted by Gasteiger charge is 2.46. The van der Waals surface area contributed by atoms with Crippen LogP contribution in [0.5, 0.6) is 11.5 Å². The maximum atomic E-state index is 14.4. The van der Waals surface area contributed by atoms with E-state index in [1.54, 1.807) is 30.4 Å². The molecule has 3 aromatic rings. The number of hydrogen-bond donors (Lipinski definition) is 1. The monoisotopic (exact) mass is 725 g/mol. The van der Waals surface area contributed by atoms with Gasteiger partial charge in [-0.2, -0.15) is 0 Å².